The number of nitrogens with zero attached hydrogens (tertiary/aromatic N) is 1. The number of nitro benzene ring substituents is 1. The summed E-state index contributed by atoms with van der Waals surface area (Å²) in [4.78, 5) is 26.2. The molecule has 0 amide bonds. The zero-order valence-corrected chi connectivity index (χ0v) is 13.3. The molecular formula is C13H9ClN4O5S. The second kappa shape index (κ2) is 5.65. The van der Waals surface area contributed by atoms with Gasteiger partial charge in [-0.3, -0.25) is 14.8 Å². The summed E-state index contributed by atoms with van der Waals surface area (Å²) in [6, 6.07) is 7.58. The summed E-state index contributed by atoms with van der Waals surface area (Å²) in [5, 5.41) is 10.8. The predicted molar refractivity (Wildman–Crippen MR) is 87.8 cm³/mol. The van der Waals surface area contributed by atoms with Crippen molar-refractivity contribution in [2.75, 3.05) is 4.72 Å². The maximum absolute atomic E-state index is 12.4. The van der Waals surface area contributed by atoms with E-state index in [1.807, 2.05) is 0 Å². The van der Waals surface area contributed by atoms with E-state index >= 15 is 0 Å². The van der Waals surface area contributed by atoms with Gasteiger partial charge in [-0.1, -0.05) is 11.6 Å². The molecule has 0 atom stereocenters. The summed E-state index contributed by atoms with van der Waals surface area (Å²) in [5.74, 6) is 0. The lowest BCUT2D eigenvalue weighted by atomic mass is 10.3. The zero-order chi connectivity index (χ0) is 17.5. The molecule has 1 heterocycles. The largest absolute Gasteiger partial charge is 0.323 e. The average molecular weight is 369 g/mol. The molecule has 3 N–H and O–H groups in total. The SMILES string of the molecule is O=c1[nH]c2ccc(S(=O)(=O)Nc3ccc(Cl)c([N+](=O)[O-])c3)cc2[nH]1. The number of benzene rings is 2. The van der Waals surface area contributed by atoms with Gasteiger partial charge in [-0.2, -0.15) is 0 Å². The van der Waals surface area contributed by atoms with Gasteiger partial charge in [0.2, 0.25) is 0 Å². The summed E-state index contributed by atoms with van der Waals surface area (Å²) in [7, 11) is -4.00. The second-order valence-corrected chi connectivity index (χ2v) is 6.90. The minimum atomic E-state index is -4.00. The fourth-order valence-corrected chi connectivity index (χ4v) is 3.37. The molecule has 0 aliphatic rings. The van der Waals surface area contributed by atoms with E-state index in [0.29, 0.717) is 11.0 Å². The van der Waals surface area contributed by atoms with Gasteiger partial charge in [0.25, 0.3) is 15.7 Å². The third kappa shape index (κ3) is 2.96. The van der Waals surface area contributed by atoms with Gasteiger partial charge >= 0.3 is 5.69 Å². The predicted octanol–water partition coefficient (Wildman–Crippen LogP) is 2.22. The van der Waals surface area contributed by atoms with E-state index in [-0.39, 0.29) is 15.6 Å². The van der Waals surface area contributed by atoms with Crippen molar-refractivity contribution in [3.63, 3.8) is 0 Å². The first kappa shape index (κ1) is 16.0. The Kier molecular flexibility index (Phi) is 3.78. The maximum Gasteiger partial charge on any atom is 0.323 e. The van der Waals surface area contributed by atoms with Crippen molar-refractivity contribution >= 4 is 44.0 Å². The molecule has 3 aromatic rings. The minimum absolute atomic E-state index is 0.00578. The highest BCUT2D eigenvalue weighted by molar-refractivity contribution is 7.92. The Morgan fingerprint density at radius 3 is 2.50 bits per heavy atom. The van der Waals surface area contributed by atoms with Gasteiger partial charge in [0, 0.05) is 6.07 Å². The van der Waals surface area contributed by atoms with Gasteiger partial charge in [-0.15, -0.1) is 0 Å². The van der Waals surface area contributed by atoms with Crippen molar-refractivity contribution in [1.29, 1.82) is 0 Å². The Labute approximate surface area is 139 Å². The average Bonchev–Trinajstić information content (AvgIpc) is 2.87. The highest BCUT2D eigenvalue weighted by Gasteiger charge is 2.18. The monoisotopic (exact) mass is 368 g/mol. The Hall–Kier alpha value is -2.85. The van der Waals surface area contributed by atoms with E-state index in [9.17, 15) is 23.3 Å². The normalized spacial score (nSPS) is 11.5. The van der Waals surface area contributed by atoms with Crippen LogP contribution in [0, 0.1) is 10.1 Å². The summed E-state index contributed by atoms with van der Waals surface area (Å²) in [6.45, 7) is 0. The number of rotatable bonds is 4. The lowest BCUT2D eigenvalue weighted by Crippen LogP contribution is -2.13. The summed E-state index contributed by atoms with van der Waals surface area (Å²) in [6.07, 6.45) is 0. The Balaban J connectivity index is 1.99. The molecule has 0 saturated heterocycles. The third-order valence-electron chi connectivity index (χ3n) is 3.19. The van der Waals surface area contributed by atoms with Crippen LogP contribution in [0.4, 0.5) is 11.4 Å². The van der Waals surface area contributed by atoms with Crippen molar-refractivity contribution in [1.82, 2.24) is 9.97 Å². The van der Waals surface area contributed by atoms with Crippen LogP contribution in [-0.4, -0.2) is 23.3 Å². The molecule has 0 fully saturated rings. The number of hydrogen-bond acceptors (Lipinski definition) is 5. The van der Waals surface area contributed by atoms with Crippen molar-refractivity contribution in [2.24, 2.45) is 0 Å². The molecule has 2 aromatic carbocycles. The number of anilines is 1. The second-order valence-electron chi connectivity index (χ2n) is 4.82. The standard InChI is InChI=1S/C13H9ClN4O5S/c14-9-3-1-7(5-12(9)18(20)21)17-24(22,23)8-2-4-10-11(6-8)16-13(19)15-10/h1-6,17H,(H2,15,16,19). The molecule has 0 spiro atoms. The highest BCUT2D eigenvalue weighted by Crippen LogP contribution is 2.28. The van der Waals surface area contributed by atoms with Crippen LogP contribution in [0.15, 0.2) is 46.1 Å². The molecule has 0 aliphatic heterocycles. The van der Waals surface area contributed by atoms with E-state index < -0.39 is 26.3 Å². The van der Waals surface area contributed by atoms with Gasteiger partial charge < -0.3 is 9.97 Å². The number of fused-ring (bicyclic) bond motifs is 1. The Morgan fingerprint density at radius 1 is 1.08 bits per heavy atom. The number of hydrogen-bond donors (Lipinski definition) is 3. The molecule has 0 radical (unpaired) electrons. The summed E-state index contributed by atoms with van der Waals surface area (Å²) >= 11 is 5.69. The van der Waals surface area contributed by atoms with Gasteiger partial charge in [0.15, 0.2) is 0 Å². The number of imidazole rings is 1. The molecule has 0 bridgehead atoms. The van der Waals surface area contributed by atoms with E-state index in [0.717, 1.165) is 6.07 Å². The van der Waals surface area contributed by atoms with Crippen LogP contribution in [0.5, 0.6) is 0 Å². The van der Waals surface area contributed by atoms with Crippen LogP contribution >= 0.6 is 11.6 Å². The number of aromatic amines is 2. The van der Waals surface area contributed by atoms with E-state index in [2.05, 4.69) is 14.7 Å². The van der Waals surface area contributed by atoms with Gasteiger partial charge in [-0.25, -0.2) is 13.2 Å². The van der Waals surface area contributed by atoms with Crippen LogP contribution in [0.2, 0.25) is 5.02 Å². The molecule has 1 aromatic heterocycles. The van der Waals surface area contributed by atoms with Crippen molar-refractivity contribution < 1.29 is 13.3 Å². The topological polar surface area (TPSA) is 138 Å². The Morgan fingerprint density at radius 2 is 1.79 bits per heavy atom. The highest BCUT2D eigenvalue weighted by atomic mass is 35.5. The molecule has 0 aliphatic carbocycles. The van der Waals surface area contributed by atoms with Crippen LogP contribution in [0.3, 0.4) is 0 Å². The molecule has 0 unspecified atom stereocenters. The van der Waals surface area contributed by atoms with E-state index in [1.165, 1.54) is 30.3 Å². The first-order chi connectivity index (χ1) is 11.3. The first-order valence-electron chi connectivity index (χ1n) is 6.45. The number of halogens is 1. The molecule has 3 rings (SSSR count). The van der Waals surface area contributed by atoms with Crippen molar-refractivity contribution in [2.45, 2.75) is 4.90 Å². The van der Waals surface area contributed by atoms with Gasteiger partial charge in [0.1, 0.15) is 5.02 Å². The Bertz CT molecular complexity index is 1120. The smallest absolute Gasteiger partial charge is 0.306 e. The lowest BCUT2D eigenvalue weighted by molar-refractivity contribution is -0.384. The number of sulfonamides is 1. The zero-order valence-electron chi connectivity index (χ0n) is 11.7. The number of aromatic nitrogens is 2. The molecule has 24 heavy (non-hydrogen) atoms. The van der Waals surface area contributed by atoms with Crippen LogP contribution in [-0.2, 0) is 10.0 Å². The molecular weight excluding hydrogens is 360 g/mol. The minimum Gasteiger partial charge on any atom is -0.306 e. The fraction of sp³-hybridized carbons (Fsp3) is 0. The molecule has 124 valence electrons. The summed E-state index contributed by atoms with van der Waals surface area (Å²) < 4.78 is 27.0. The number of nitrogens with one attached hydrogen (secondary N) is 3. The van der Waals surface area contributed by atoms with Crippen molar-refractivity contribution in [3.05, 3.63) is 62.0 Å². The lowest BCUT2D eigenvalue weighted by Gasteiger charge is -2.08. The molecule has 0 saturated carbocycles. The maximum atomic E-state index is 12.4. The third-order valence-corrected chi connectivity index (χ3v) is 4.89. The van der Waals surface area contributed by atoms with E-state index in [4.69, 9.17) is 11.6 Å². The fourth-order valence-electron chi connectivity index (χ4n) is 2.11. The molecule has 11 heteroatoms. The molecule has 9 nitrogen and oxygen atoms in total. The van der Waals surface area contributed by atoms with E-state index in [1.54, 1.807) is 0 Å². The van der Waals surface area contributed by atoms with Crippen LogP contribution < -0.4 is 10.4 Å². The first-order valence-corrected chi connectivity index (χ1v) is 8.31. The number of H-pyrrole nitrogens is 2. The van der Waals surface area contributed by atoms with Crippen LogP contribution in [0.1, 0.15) is 0 Å². The van der Waals surface area contributed by atoms with Crippen LogP contribution in [0.25, 0.3) is 11.0 Å². The number of nitro groups is 1. The summed E-state index contributed by atoms with van der Waals surface area (Å²) in [5.41, 5.74) is -0.0945. The quantitative estimate of drug-likeness (QED) is 0.478. The van der Waals surface area contributed by atoms with Gasteiger partial charge in [-0.05, 0) is 30.3 Å². The van der Waals surface area contributed by atoms with Gasteiger partial charge in [0.05, 0.1) is 26.5 Å². The van der Waals surface area contributed by atoms with Crippen molar-refractivity contribution in [3.8, 4) is 0 Å².